The topological polar surface area (TPSA) is 38.5 Å². The second kappa shape index (κ2) is 5.73. The van der Waals surface area contributed by atoms with Gasteiger partial charge >= 0.3 is 0 Å². The molecule has 2 rings (SSSR count). The van der Waals surface area contributed by atoms with Gasteiger partial charge in [-0.15, -0.1) is 0 Å². The van der Waals surface area contributed by atoms with E-state index in [1.807, 2.05) is 7.05 Å². The molecule has 106 valence electrons. The van der Waals surface area contributed by atoms with Crippen LogP contribution >= 0.6 is 15.9 Å². The average Bonchev–Trinajstić information content (AvgIpc) is 2.77. The first-order valence-electron chi connectivity index (χ1n) is 6.11. The highest BCUT2D eigenvalue weighted by Crippen LogP contribution is 2.41. The monoisotopic (exact) mass is 334 g/mol. The molecule has 1 aromatic rings. The zero-order valence-corrected chi connectivity index (χ0v) is 12.5. The highest BCUT2D eigenvalue weighted by molar-refractivity contribution is 9.10. The van der Waals surface area contributed by atoms with Crippen molar-refractivity contribution < 1.29 is 13.5 Å². The Morgan fingerprint density at radius 2 is 2.16 bits per heavy atom. The molecule has 0 bridgehead atoms. The second-order valence-electron chi connectivity index (χ2n) is 4.90. The minimum Gasteiger partial charge on any atom is -0.493 e. The van der Waals surface area contributed by atoms with Gasteiger partial charge in [0.25, 0.3) is 0 Å². The van der Waals surface area contributed by atoms with E-state index in [-0.39, 0.29) is 16.3 Å². The predicted octanol–water partition coefficient (Wildman–Crippen LogP) is 2.69. The van der Waals surface area contributed by atoms with E-state index in [0.717, 1.165) is 13.0 Å². The molecule has 6 heteroatoms. The SMILES string of the molecule is COc1c(C2CC(CN)CN2C)cc(Br)c(F)c1F. The fourth-order valence-corrected chi connectivity index (χ4v) is 3.11. The van der Waals surface area contributed by atoms with Gasteiger partial charge < -0.3 is 10.5 Å². The molecule has 19 heavy (non-hydrogen) atoms. The van der Waals surface area contributed by atoms with Crippen molar-refractivity contribution in [2.45, 2.75) is 12.5 Å². The Balaban J connectivity index is 2.45. The lowest BCUT2D eigenvalue weighted by Crippen LogP contribution is -2.21. The number of methoxy groups -OCH3 is 1. The van der Waals surface area contributed by atoms with Gasteiger partial charge in [-0.05, 0) is 47.9 Å². The van der Waals surface area contributed by atoms with Crippen molar-refractivity contribution in [2.24, 2.45) is 11.7 Å². The van der Waals surface area contributed by atoms with Gasteiger partial charge in [-0.2, -0.15) is 4.39 Å². The number of nitrogens with two attached hydrogens (primary N) is 1. The Hall–Kier alpha value is -0.720. The molecule has 2 N–H and O–H groups in total. The molecule has 1 aliphatic rings. The number of nitrogens with zero attached hydrogens (tertiary/aromatic N) is 1. The molecular weight excluding hydrogens is 318 g/mol. The highest BCUT2D eigenvalue weighted by atomic mass is 79.9. The molecule has 2 atom stereocenters. The van der Waals surface area contributed by atoms with E-state index in [1.54, 1.807) is 6.07 Å². The van der Waals surface area contributed by atoms with Crippen LogP contribution in [0.4, 0.5) is 8.78 Å². The van der Waals surface area contributed by atoms with Crippen LogP contribution in [0.25, 0.3) is 0 Å². The quantitative estimate of drug-likeness (QED) is 0.864. The van der Waals surface area contributed by atoms with E-state index in [1.165, 1.54) is 7.11 Å². The third-order valence-corrected chi connectivity index (χ3v) is 4.25. The van der Waals surface area contributed by atoms with E-state index in [0.29, 0.717) is 18.0 Å². The summed E-state index contributed by atoms with van der Waals surface area (Å²) in [5, 5.41) is 0. The fourth-order valence-electron chi connectivity index (χ4n) is 2.69. The van der Waals surface area contributed by atoms with Crippen molar-refractivity contribution >= 4 is 15.9 Å². The van der Waals surface area contributed by atoms with Crippen LogP contribution in [0.5, 0.6) is 5.75 Å². The summed E-state index contributed by atoms with van der Waals surface area (Å²) in [6, 6.07) is 1.59. The number of rotatable bonds is 3. The molecule has 0 amide bonds. The maximum absolute atomic E-state index is 13.9. The van der Waals surface area contributed by atoms with Gasteiger partial charge in [0.2, 0.25) is 5.82 Å². The van der Waals surface area contributed by atoms with Crippen LogP contribution in [0.15, 0.2) is 10.5 Å². The van der Waals surface area contributed by atoms with Crippen molar-refractivity contribution in [2.75, 3.05) is 27.2 Å². The second-order valence-corrected chi connectivity index (χ2v) is 5.76. The number of halogens is 3. The molecular formula is C13H17BrF2N2O. The van der Waals surface area contributed by atoms with Gasteiger partial charge in [-0.3, -0.25) is 4.90 Å². The van der Waals surface area contributed by atoms with Crippen LogP contribution in [-0.4, -0.2) is 32.1 Å². The van der Waals surface area contributed by atoms with Crippen LogP contribution < -0.4 is 10.5 Å². The number of likely N-dealkylation sites (tertiary alicyclic amines) is 1. The fraction of sp³-hybridized carbons (Fsp3) is 0.538. The molecule has 1 heterocycles. The Kier molecular flexibility index (Phi) is 4.43. The zero-order chi connectivity index (χ0) is 14.2. The summed E-state index contributed by atoms with van der Waals surface area (Å²) >= 11 is 3.05. The summed E-state index contributed by atoms with van der Waals surface area (Å²) in [5.41, 5.74) is 6.35. The van der Waals surface area contributed by atoms with E-state index < -0.39 is 11.6 Å². The summed E-state index contributed by atoms with van der Waals surface area (Å²) in [6.07, 6.45) is 0.820. The maximum Gasteiger partial charge on any atom is 0.202 e. The molecule has 1 aliphatic heterocycles. The van der Waals surface area contributed by atoms with E-state index in [9.17, 15) is 8.78 Å². The summed E-state index contributed by atoms with van der Waals surface area (Å²) in [6.45, 7) is 1.44. The third-order valence-electron chi connectivity index (χ3n) is 3.68. The first-order valence-corrected chi connectivity index (χ1v) is 6.90. The van der Waals surface area contributed by atoms with Crippen LogP contribution in [0.1, 0.15) is 18.0 Å². The summed E-state index contributed by atoms with van der Waals surface area (Å²) < 4.78 is 32.6. The van der Waals surface area contributed by atoms with E-state index in [4.69, 9.17) is 10.5 Å². The normalized spacial score (nSPS) is 23.9. The lowest BCUT2D eigenvalue weighted by Gasteiger charge is -2.22. The van der Waals surface area contributed by atoms with Crippen LogP contribution in [0.3, 0.4) is 0 Å². The minimum absolute atomic E-state index is 0.00472. The minimum atomic E-state index is -0.948. The van der Waals surface area contributed by atoms with Gasteiger partial charge in [-0.1, -0.05) is 0 Å². The highest BCUT2D eigenvalue weighted by Gasteiger charge is 2.33. The van der Waals surface area contributed by atoms with Crippen molar-refractivity contribution in [3.05, 3.63) is 27.7 Å². The molecule has 1 saturated heterocycles. The molecule has 1 fully saturated rings. The van der Waals surface area contributed by atoms with Crippen molar-refractivity contribution in [1.82, 2.24) is 4.90 Å². The maximum atomic E-state index is 13.9. The molecule has 2 unspecified atom stereocenters. The Morgan fingerprint density at radius 3 is 2.68 bits per heavy atom. The van der Waals surface area contributed by atoms with Crippen LogP contribution in [0.2, 0.25) is 0 Å². The number of ether oxygens (including phenoxy) is 1. The van der Waals surface area contributed by atoms with Crippen molar-refractivity contribution in [3.8, 4) is 5.75 Å². The van der Waals surface area contributed by atoms with Crippen LogP contribution in [-0.2, 0) is 0 Å². The molecule has 0 spiro atoms. The van der Waals surface area contributed by atoms with Gasteiger partial charge in [0.15, 0.2) is 11.6 Å². The van der Waals surface area contributed by atoms with E-state index in [2.05, 4.69) is 20.8 Å². The average molecular weight is 335 g/mol. The zero-order valence-electron chi connectivity index (χ0n) is 10.9. The Bertz CT molecular complexity index is 484. The Morgan fingerprint density at radius 1 is 1.47 bits per heavy atom. The molecule has 0 saturated carbocycles. The molecule has 0 radical (unpaired) electrons. The standard InChI is InChI=1S/C13H17BrF2N2O/c1-18-6-7(5-17)3-10(18)8-4-9(14)11(15)12(16)13(8)19-2/h4,7,10H,3,5-6,17H2,1-2H3. The van der Waals surface area contributed by atoms with Crippen molar-refractivity contribution in [1.29, 1.82) is 0 Å². The number of benzene rings is 1. The summed E-state index contributed by atoms with van der Waals surface area (Å²) in [4.78, 5) is 2.10. The first-order chi connectivity index (χ1) is 8.99. The van der Waals surface area contributed by atoms with E-state index >= 15 is 0 Å². The largest absolute Gasteiger partial charge is 0.493 e. The van der Waals surface area contributed by atoms with Gasteiger partial charge in [-0.25, -0.2) is 4.39 Å². The predicted molar refractivity (Wildman–Crippen MR) is 73.1 cm³/mol. The lowest BCUT2D eigenvalue weighted by atomic mass is 9.99. The van der Waals surface area contributed by atoms with Gasteiger partial charge in [0.05, 0.1) is 11.6 Å². The first kappa shape index (κ1) is 14.7. The summed E-state index contributed by atoms with van der Waals surface area (Å²) in [7, 11) is 3.31. The molecule has 0 aromatic heterocycles. The number of hydrogen-bond donors (Lipinski definition) is 1. The number of hydrogen-bond acceptors (Lipinski definition) is 3. The smallest absolute Gasteiger partial charge is 0.202 e. The molecule has 0 aliphatic carbocycles. The van der Waals surface area contributed by atoms with Crippen LogP contribution in [0, 0.1) is 17.6 Å². The van der Waals surface area contributed by atoms with Gasteiger partial charge in [0, 0.05) is 18.2 Å². The molecule has 3 nitrogen and oxygen atoms in total. The summed E-state index contributed by atoms with van der Waals surface area (Å²) in [5.74, 6) is -1.52. The van der Waals surface area contributed by atoms with Gasteiger partial charge in [0.1, 0.15) is 0 Å². The van der Waals surface area contributed by atoms with Crippen molar-refractivity contribution in [3.63, 3.8) is 0 Å². The lowest BCUT2D eigenvalue weighted by molar-refractivity contribution is 0.295. The molecule has 1 aromatic carbocycles. The third kappa shape index (κ3) is 2.61. The Labute approximate surface area is 119 Å².